The van der Waals surface area contributed by atoms with E-state index in [0.717, 1.165) is 18.8 Å². The first-order valence-corrected chi connectivity index (χ1v) is 31.3. The summed E-state index contributed by atoms with van der Waals surface area (Å²) in [5, 5.41) is 0. The van der Waals surface area contributed by atoms with Crippen LogP contribution in [0.5, 0.6) is 0 Å². The molecule has 0 aromatic heterocycles. The van der Waals surface area contributed by atoms with Gasteiger partial charge in [0.05, 0.1) is 5.41 Å². The van der Waals surface area contributed by atoms with Crippen LogP contribution in [0.15, 0.2) is 253 Å². The normalized spacial score (nSPS) is 15.5. The van der Waals surface area contributed by atoms with E-state index in [0.29, 0.717) is 0 Å². The van der Waals surface area contributed by atoms with Crippen LogP contribution >= 0.6 is 0 Å². The van der Waals surface area contributed by atoms with Crippen molar-refractivity contribution in [3.8, 4) is 44.5 Å². The largest absolute Gasteiger partial charge is 0.0839 e. The minimum atomic E-state index is -0.294. The van der Waals surface area contributed by atoms with Gasteiger partial charge in [0.15, 0.2) is 0 Å². The van der Waals surface area contributed by atoms with Crippen LogP contribution < -0.4 is 0 Å². The summed E-state index contributed by atoms with van der Waals surface area (Å²) in [5.41, 5.74) is 32.2. The highest BCUT2D eigenvalue weighted by Gasteiger charge is 2.47. The Hall–Kier alpha value is -8.06. The van der Waals surface area contributed by atoms with Crippen LogP contribution in [0.3, 0.4) is 0 Å². The molecular weight excluding hydrogens is 997 g/mol. The lowest BCUT2D eigenvalue weighted by Gasteiger charge is -2.35. The van der Waals surface area contributed by atoms with Crippen LogP contribution in [-0.2, 0) is 10.8 Å². The van der Waals surface area contributed by atoms with Crippen molar-refractivity contribution in [2.75, 3.05) is 0 Å². The van der Waals surface area contributed by atoms with E-state index in [-0.39, 0.29) is 10.8 Å². The van der Waals surface area contributed by atoms with E-state index in [4.69, 9.17) is 0 Å². The van der Waals surface area contributed by atoms with E-state index in [1.165, 1.54) is 150 Å². The Bertz CT molecular complexity index is 3790. The van der Waals surface area contributed by atoms with Crippen molar-refractivity contribution in [1.29, 1.82) is 0 Å². The lowest BCUT2D eigenvalue weighted by molar-refractivity contribution is 0.647. The Morgan fingerprint density at radius 2 is 0.952 bits per heavy atom. The monoisotopic (exact) mass is 1080 g/mol. The van der Waals surface area contributed by atoms with Crippen LogP contribution in [0.25, 0.3) is 55.7 Å². The summed E-state index contributed by atoms with van der Waals surface area (Å²) in [6.45, 7) is 21.6. The summed E-state index contributed by atoms with van der Waals surface area (Å²) >= 11 is 0. The Balaban J connectivity index is 0.000000146. The fourth-order valence-electron chi connectivity index (χ4n) is 13.7. The molecule has 0 nitrogen and oxygen atoms in total. The molecule has 0 heterocycles. The van der Waals surface area contributed by atoms with E-state index in [1.807, 2.05) is 27.7 Å². The van der Waals surface area contributed by atoms with Gasteiger partial charge in [0.1, 0.15) is 0 Å². The second-order valence-corrected chi connectivity index (χ2v) is 23.3. The molecule has 418 valence electrons. The first-order chi connectivity index (χ1) is 40.6. The van der Waals surface area contributed by atoms with Crippen molar-refractivity contribution in [3.05, 3.63) is 309 Å². The predicted octanol–water partition coefficient (Wildman–Crippen LogP) is 23.6. The zero-order valence-corrected chi connectivity index (χ0v) is 51.3. The molecule has 5 aliphatic rings. The molecule has 9 aromatic rings. The second-order valence-electron chi connectivity index (χ2n) is 23.3. The number of aryl methyl sites for hydroxylation is 2. The van der Waals surface area contributed by atoms with Gasteiger partial charge >= 0.3 is 0 Å². The van der Waals surface area contributed by atoms with Gasteiger partial charge in [0.2, 0.25) is 0 Å². The summed E-state index contributed by atoms with van der Waals surface area (Å²) in [6.07, 6.45) is 17.1. The van der Waals surface area contributed by atoms with E-state index >= 15 is 0 Å². The van der Waals surface area contributed by atoms with Crippen LogP contribution in [0.4, 0.5) is 0 Å². The molecule has 0 atom stereocenters. The number of rotatable bonds is 9. The number of benzene rings is 9. The van der Waals surface area contributed by atoms with E-state index < -0.39 is 0 Å². The van der Waals surface area contributed by atoms with Crippen molar-refractivity contribution in [1.82, 2.24) is 0 Å². The van der Waals surface area contributed by atoms with E-state index in [9.17, 15) is 0 Å². The molecule has 83 heavy (non-hydrogen) atoms. The van der Waals surface area contributed by atoms with E-state index in [1.54, 1.807) is 16.7 Å². The molecule has 5 aliphatic carbocycles. The second kappa shape index (κ2) is 26.0. The highest BCUT2D eigenvalue weighted by molar-refractivity contribution is 5.90. The third kappa shape index (κ3) is 11.7. The Kier molecular flexibility index (Phi) is 18.2. The maximum atomic E-state index is 2.50. The number of allylic oxidation sites excluding steroid dienone is 8. The minimum absolute atomic E-state index is 0.200. The zero-order chi connectivity index (χ0) is 58.1. The molecule has 0 aliphatic heterocycles. The van der Waals surface area contributed by atoms with E-state index in [2.05, 4.69) is 278 Å². The summed E-state index contributed by atoms with van der Waals surface area (Å²) in [6, 6.07) is 80.5. The first kappa shape index (κ1) is 58.1. The van der Waals surface area contributed by atoms with Crippen molar-refractivity contribution in [2.45, 2.75) is 137 Å². The topological polar surface area (TPSA) is 0 Å². The molecular formula is C83H86. The summed E-state index contributed by atoms with van der Waals surface area (Å²) in [5.74, 6) is 0.772. The average molecular weight is 1080 g/mol. The molecule has 0 heteroatoms. The molecule has 0 saturated heterocycles. The molecule has 0 amide bonds. The number of hydrogen-bond donors (Lipinski definition) is 0. The molecule has 0 N–H and O–H groups in total. The zero-order valence-electron chi connectivity index (χ0n) is 51.3. The van der Waals surface area contributed by atoms with Crippen molar-refractivity contribution in [3.63, 3.8) is 0 Å². The fraction of sp³-hybridized carbons (Fsp3) is 0.253. The molecule has 1 saturated carbocycles. The summed E-state index contributed by atoms with van der Waals surface area (Å²) < 4.78 is 0. The highest BCUT2D eigenvalue weighted by atomic mass is 14.5. The maximum Gasteiger partial charge on any atom is 0.0710 e. The Morgan fingerprint density at radius 3 is 1.59 bits per heavy atom. The molecule has 14 rings (SSSR count). The van der Waals surface area contributed by atoms with Crippen LogP contribution in [-0.4, -0.2) is 0 Å². The minimum Gasteiger partial charge on any atom is -0.0839 e. The van der Waals surface area contributed by atoms with Gasteiger partial charge in [-0.15, -0.1) is 0 Å². The van der Waals surface area contributed by atoms with Gasteiger partial charge < -0.3 is 0 Å². The molecule has 1 fully saturated rings. The lowest BCUT2D eigenvalue weighted by Crippen LogP contribution is -2.29. The summed E-state index contributed by atoms with van der Waals surface area (Å²) in [4.78, 5) is 0. The van der Waals surface area contributed by atoms with Crippen molar-refractivity contribution in [2.24, 2.45) is 0 Å². The third-order valence-electron chi connectivity index (χ3n) is 17.8. The van der Waals surface area contributed by atoms with Crippen molar-refractivity contribution >= 4 is 11.1 Å². The standard InChI is InChI=1S/C38H30.C23H22.C18H22.2C2H6/c1-27-11-10-12-30(25-27)28-19-21-29(22-20-28)31-23-24-37-35(26-31)34-17-8-9-18-36(34)38(37,32-13-4-2-5-14-32)33-15-6-3-7-16-33;1-16-7-5-8-19(15-16)20-11-6-12-21(17(20)2)23-10-4-3-9-22(23)18-13-14-18;1-4-7-13-10-11-15-14-8-5-6-9-16(14)18(2,3)17(15)12-13;2*1-2/h2-7,9-16,18-26H,8,17H2,1H3;3-12,15,18H,13-14H2,1-2H3;5-6,8-9,12H,4,7,10-11H2,1-3H3;2*1-2H3. The van der Waals surface area contributed by atoms with Crippen LogP contribution in [0.2, 0.25) is 0 Å². The average Bonchev–Trinajstić information content (AvgIpc) is 3.39. The van der Waals surface area contributed by atoms with Gasteiger partial charge in [-0.05, 0) is 189 Å². The Morgan fingerprint density at radius 1 is 0.422 bits per heavy atom. The predicted molar refractivity (Wildman–Crippen MR) is 360 cm³/mol. The fourth-order valence-corrected chi connectivity index (χ4v) is 13.7. The third-order valence-corrected chi connectivity index (χ3v) is 17.8. The van der Waals surface area contributed by atoms with Gasteiger partial charge in [0.25, 0.3) is 0 Å². The van der Waals surface area contributed by atoms with Crippen molar-refractivity contribution < 1.29 is 0 Å². The molecule has 0 radical (unpaired) electrons. The molecule has 0 unspecified atom stereocenters. The van der Waals surface area contributed by atoms with Crippen LogP contribution in [0.1, 0.15) is 161 Å². The molecule has 9 aromatic carbocycles. The summed E-state index contributed by atoms with van der Waals surface area (Å²) in [7, 11) is 0. The smallest absolute Gasteiger partial charge is 0.0710 e. The first-order valence-electron chi connectivity index (χ1n) is 31.3. The van der Waals surface area contributed by atoms with Gasteiger partial charge in [-0.3, -0.25) is 0 Å². The van der Waals surface area contributed by atoms with Crippen LogP contribution in [0, 0.1) is 20.8 Å². The molecule has 0 spiro atoms. The SMILES string of the molecule is CC.CC.CCCC1=CC2=C(CC1)c1ccccc1C2(C)C.Cc1cccc(-c2ccc(-c3ccc4c(c3)C3=C(C=CCC3)C4(c3ccccc3)c3ccccc3)cc2)c1.Cc1cccc(-c2cccc(-c3ccccc3C3CC3)c2C)c1. The molecule has 0 bridgehead atoms. The Labute approximate surface area is 499 Å². The van der Waals surface area contributed by atoms with Gasteiger partial charge in [-0.1, -0.05) is 302 Å². The maximum absolute atomic E-state index is 2.50. The van der Waals surface area contributed by atoms with Gasteiger partial charge in [-0.25, -0.2) is 0 Å². The quantitative estimate of drug-likeness (QED) is 0.135. The highest BCUT2D eigenvalue weighted by Crippen LogP contribution is 2.58. The lowest BCUT2D eigenvalue weighted by atomic mass is 9.66. The van der Waals surface area contributed by atoms with Gasteiger partial charge in [-0.2, -0.15) is 0 Å². The van der Waals surface area contributed by atoms with Gasteiger partial charge in [0, 0.05) is 5.41 Å². The number of fused-ring (bicyclic) bond motifs is 4. The number of hydrogen-bond acceptors (Lipinski definition) is 0.